The predicted molar refractivity (Wildman–Crippen MR) is 93.8 cm³/mol. The predicted octanol–water partition coefficient (Wildman–Crippen LogP) is 2.66. The van der Waals surface area contributed by atoms with Gasteiger partial charge in [-0.3, -0.25) is 14.5 Å². The lowest BCUT2D eigenvalue weighted by Crippen LogP contribution is -2.36. The second-order valence-electron chi connectivity index (χ2n) is 6.11. The van der Waals surface area contributed by atoms with Crippen LogP contribution in [-0.2, 0) is 9.59 Å². The molecule has 28 heavy (non-hydrogen) atoms. The highest BCUT2D eigenvalue weighted by Crippen LogP contribution is 2.42. The number of rotatable bonds is 6. The quantitative estimate of drug-likeness (QED) is 0.786. The summed E-state index contributed by atoms with van der Waals surface area (Å²) in [7, 11) is 1.55. The van der Waals surface area contributed by atoms with Crippen molar-refractivity contribution in [2.24, 2.45) is 0 Å². The van der Waals surface area contributed by atoms with Crippen molar-refractivity contribution in [2.45, 2.75) is 6.29 Å². The van der Waals surface area contributed by atoms with E-state index < -0.39 is 23.9 Å². The minimum Gasteiger partial charge on any atom is -0.395 e. The van der Waals surface area contributed by atoms with E-state index in [2.05, 4.69) is 20.1 Å². The zero-order valence-corrected chi connectivity index (χ0v) is 14.7. The fourth-order valence-corrected chi connectivity index (χ4v) is 2.54. The summed E-state index contributed by atoms with van der Waals surface area (Å²) in [6.07, 6.45) is -3.74. The Labute approximate surface area is 158 Å². The summed E-state index contributed by atoms with van der Waals surface area (Å²) in [6, 6.07) is 9.28. The van der Waals surface area contributed by atoms with E-state index in [1.54, 1.807) is 7.05 Å². The average Bonchev–Trinajstić information content (AvgIpc) is 2.87. The number of anilines is 2. The molecule has 2 N–H and O–H groups in total. The summed E-state index contributed by atoms with van der Waals surface area (Å²) in [5.41, 5.74) is 0.544. The first-order chi connectivity index (χ1) is 13.2. The fraction of sp³-hybridized carbons (Fsp3) is 0.222. The maximum atomic E-state index is 13.1. The second-order valence-corrected chi connectivity index (χ2v) is 6.11. The van der Waals surface area contributed by atoms with Gasteiger partial charge in [0.25, 0.3) is 0 Å². The first kappa shape index (κ1) is 19.5. The fourth-order valence-electron chi connectivity index (χ4n) is 2.54. The summed E-state index contributed by atoms with van der Waals surface area (Å²) >= 11 is 0. The Balaban J connectivity index is 1.49. The maximum Gasteiger partial charge on any atom is 0.586 e. The van der Waals surface area contributed by atoms with Crippen LogP contribution in [-0.4, -0.2) is 43.1 Å². The number of likely N-dealkylation sites (N-methyl/N-ethyl adjacent to an activating group) is 1. The van der Waals surface area contributed by atoms with Crippen LogP contribution in [0, 0.1) is 5.82 Å². The standard InChI is InChI=1S/C18H16F3N3O4/c1-24(9-16(25)22-12-4-2-3-11(19)7-12)10-17(26)23-13-5-6-14-15(8-13)28-18(20,21)27-14/h2-8H,9-10H2,1H3,(H,22,25)(H,23,26). The van der Waals surface area contributed by atoms with Gasteiger partial charge in [0, 0.05) is 17.4 Å². The van der Waals surface area contributed by atoms with Gasteiger partial charge in [-0.2, -0.15) is 0 Å². The van der Waals surface area contributed by atoms with Crippen LogP contribution < -0.4 is 20.1 Å². The molecule has 7 nitrogen and oxygen atoms in total. The van der Waals surface area contributed by atoms with Crippen molar-refractivity contribution in [1.82, 2.24) is 4.90 Å². The van der Waals surface area contributed by atoms with Crippen LogP contribution in [0.2, 0.25) is 0 Å². The molecule has 0 aromatic heterocycles. The minimum absolute atomic E-state index is 0.114. The smallest absolute Gasteiger partial charge is 0.395 e. The van der Waals surface area contributed by atoms with Crippen molar-refractivity contribution in [2.75, 3.05) is 30.8 Å². The van der Waals surface area contributed by atoms with Gasteiger partial charge < -0.3 is 20.1 Å². The molecule has 3 rings (SSSR count). The van der Waals surface area contributed by atoms with Crippen molar-refractivity contribution in [3.8, 4) is 11.5 Å². The van der Waals surface area contributed by atoms with Gasteiger partial charge in [-0.1, -0.05) is 6.07 Å². The van der Waals surface area contributed by atoms with Crippen molar-refractivity contribution in [3.63, 3.8) is 0 Å². The molecule has 10 heteroatoms. The van der Waals surface area contributed by atoms with E-state index in [0.29, 0.717) is 5.69 Å². The van der Waals surface area contributed by atoms with E-state index >= 15 is 0 Å². The van der Waals surface area contributed by atoms with E-state index in [4.69, 9.17) is 0 Å². The number of benzene rings is 2. The summed E-state index contributed by atoms with van der Waals surface area (Å²) in [4.78, 5) is 25.5. The van der Waals surface area contributed by atoms with Crippen LogP contribution in [0.25, 0.3) is 0 Å². The summed E-state index contributed by atoms with van der Waals surface area (Å²) in [5, 5.41) is 5.04. The number of amides is 2. The third-order valence-electron chi connectivity index (χ3n) is 3.62. The number of alkyl halides is 2. The van der Waals surface area contributed by atoms with Gasteiger partial charge in [-0.25, -0.2) is 4.39 Å². The Bertz CT molecular complexity index is 907. The van der Waals surface area contributed by atoms with E-state index in [1.807, 2.05) is 0 Å². The van der Waals surface area contributed by atoms with E-state index in [-0.39, 0.29) is 30.3 Å². The lowest BCUT2D eigenvalue weighted by molar-refractivity contribution is -0.286. The number of ether oxygens (including phenoxy) is 2. The van der Waals surface area contributed by atoms with E-state index in [0.717, 1.165) is 0 Å². The number of hydrogen-bond donors (Lipinski definition) is 2. The van der Waals surface area contributed by atoms with Crippen LogP contribution >= 0.6 is 0 Å². The van der Waals surface area contributed by atoms with Gasteiger partial charge >= 0.3 is 6.29 Å². The number of carbonyl (C=O) groups is 2. The normalized spacial score (nSPS) is 14.0. The molecule has 0 aliphatic carbocycles. The molecule has 1 aliphatic rings. The van der Waals surface area contributed by atoms with Crippen molar-refractivity contribution in [3.05, 3.63) is 48.3 Å². The van der Waals surface area contributed by atoms with E-state index in [9.17, 15) is 22.8 Å². The average molecular weight is 395 g/mol. The lowest BCUT2D eigenvalue weighted by atomic mass is 10.2. The monoisotopic (exact) mass is 395 g/mol. The molecule has 148 valence electrons. The largest absolute Gasteiger partial charge is 0.586 e. The van der Waals surface area contributed by atoms with Gasteiger partial charge in [-0.05, 0) is 37.4 Å². The Morgan fingerprint density at radius 2 is 1.57 bits per heavy atom. The summed E-state index contributed by atoms with van der Waals surface area (Å²) in [5.74, 6) is -1.69. The molecule has 0 fully saturated rings. The van der Waals surface area contributed by atoms with Crippen LogP contribution in [0.4, 0.5) is 24.5 Å². The Morgan fingerprint density at radius 3 is 2.21 bits per heavy atom. The van der Waals surface area contributed by atoms with Crippen LogP contribution in [0.3, 0.4) is 0 Å². The number of nitrogens with zero attached hydrogens (tertiary/aromatic N) is 1. The van der Waals surface area contributed by atoms with Crippen molar-refractivity contribution >= 4 is 23.2 Å². The second kappa shape index (κ2) is 7.77. The molecule has 2 aromatic carbocycles. The molecular formula is C18H16F3N3O4. The number of fused-ring (bicyclic) bond motifs is 1. The van der Waals surface area contributed by atoms with Crippen molar-refractivity contribution < 1.29 is 32.2 Å². The molecule has 1 aliphatic heterocycles. The maximum absolute atomic E-state index is 13.1. The molecule has 0 bridgehead atoms. The van der Waals surface area contributed by atoms with Crippen molar-refractivity contribution in [1.29, 1.82) is 0 Å². The zero-order valence-electron chi connectivity index (χ0n) is 14.7. The molecule has 0 saturated carbocycles. The van der Waals surface area contributed by atoms with Crippen LogP contribution in [0.5, 0.6) is 11.5 Å². The number of halogens is 3. The first-order valence-corrected chi connectivity index (χ1v) is 8.14. The molecule has 1 heterocycles. The summed E-state index contributed by atoms with van der Waals surface area (Å²) in [6.45, 7) is -0.252. The molecular weight excluding hydrogens is 379 g/mol. The Morgan fingerprint density at radius 1 is 0.964 bits per heavy atom. The number of nitrogens with one attached hydrogen (secondary N) is 2. The minimum atomic E-state index is -3.74. The molecule has 0 atom stereocenters. The Kier molecular flexibility index (Phi) is 5.41. The third-order valence-corrected chi connectivity index (χ3v) is 3.62. The number of carbonyl (C=O) groups excluding carboxylic acids is 2. The Hall–Kier alpha value is -3.27. The highest BCUT2D eigenvalue weighted by molar-refractivity contribution is 5.94. The highest BCUT2D eigenvalue weighted by Gasteiger charge is 2.43. The first-order valence-electron chi connectivity index (χ1n) is 8.14. The SMILES string of the molecule is CN(CC(=O)Nc1cccc(F)c1)CC(=O)Nc1ccc2c(c1)OC(F)(F)O2. The van der Waals surface area contributed by atoms with Crippen LogP contribution in [0.15, 0.2) is 42.5 Å². The molecule has 0 spiro atoms. The molecule has 0 saturated heterocycles. The molecule has 0 radical (unpaired) electrons. The van der Waals surface area contributed by atoms with Gasteiger partial charge in [-0.15, -0.1) is 8.78 Å². The van der Waals surface area contributed by atoms with Gasteiger partial charge in [0.05, 0.1) is 13.1 Å². The number of hydrogen-bond acceptors (Lipinski definition) is 5. The third kappa shape index (κ3) is 5.13. The summed E-state index contributed by atoms with van der Waals surface area (Å²) < 4.78 is 47.7. The van der Waals surface area contributed by atoms with Gasteiger partial charge in [0.2, 0.25) is 11.8 Å². The molecule has 2 amide bonds. The lowest BCUT2D eigenvalue weighted by Gasteiger charge is -2.16. The molecule has 0 unspecified atom stereocenters. The molecule has 2 aromatic rings. The zero-order chi connectivity index (χ0) is 20.3. The van der Waals surface area contributed by atoms with Gasteiger partial charge in [0.15, 0.2) is 11.5 Å². The van der Waals surface area contributed by atoms with Crippen LogP contribution in [0.1, 0.15) is 0 Å². The topological polar surface area (TPSA) is 79.9 Å². The van der Waals surface area contributed by atoms with E-state index in [1.165, 1.54) is 47.4 Å². The van der Waals surface area contributed by atoms with Gasteiger partial charge in [0.1, 0.15) is 5.82 Å². The highest BCUT2D eigenvalue weighted by atomic mass is 19.3.